The van der Waals surface area contributed by atoms with Crippen LogP contribution < -0.4 is 14.8 Å². The number of fused-ring (bicyclic) bond motifs is 1. The van der Waals surface area contributed by atoms with E-state index in [-0.39, 0.29) is 24.0 Å². The van der Waals surface area contributed by atoms with E-state index in [1.54, 1.807) is 0 Å². The van der Waals surface area contributed by atoms with Gasteiger partial charge in [-0.15, -0.1) is 10.2 Å². The number of nitrogens with zero attached hydrogens (tertiary/aromatic N) is 2. The highest BCUT2D eigenvalue weighted by Gasteiger charge is 2.30. The molecular formula is C20H25N3O4S. The molecule has 28 heavy (non-hydrogen) atoms. The summed E-state index contributed by atoms with van der Waals surface area (Å²) in [6, 6.07) is 5.71. The van der Waals surface area contributed by atoms with E-state index in [2.05, 4.69) is 29.4 Å². The van der Waals surface area contributed by atoms with Crippen LogP contribution >= 0.6 is 11.8 Å². The molecule has 150 valence electrons. The van der Waals surface area contributed by atoms with Crippen LogP contribution in [0.5, 0.6) is 11.5 Å². The maximum atomic E-state index is 12.6. The first kappa shape index (κ1) is 19.1. The quantitative estimate of drug-likeness (QED) is 0.758. The Balaban J connectivity index is 1.37. The first-order valence-corrected chi connectivity index (χ1v) is 10.6. The SMILES string of the molecule is C[C@H]1[C@@H](NC(=O)[C@@H](C)Sc2nnc(-c3ccc4c(c3)OCO4)o2)CCC[C@@H]1C. The second kappa shape index (κ2) is 8.03. The molecule has 0 radical (unpaired) electrons. The number of hydrogen-bond donors (Lipinski definition) is 1. The van der Waals surface area contributed by atoms with E-state index in [1.165, 1.54) is 24.6 Å². The van der Waals surface area contributed by atoms with Crippen molar-refractivity contribution in [1.82, 2.24) is 15.5 Å². The average molecular weight is 404 g/mol. The molecule has 0 saturated heterocycles. The van der Waals surface area contributed by atoms with Gasteiger partial charge in [-0.3, -0.25) is 4.79 Å². The maximum absolute atomic E-state index is 12.6. The summed E-state index contributed by atoms with van der Waals surface area (Å²) in [7, 11) is 0. The molecule has 1 N–H and O–H groups in total. The van der Waals surface area contributed by atoms with Gasteiger partial charge in [0.15, 0.2) is 11.5 Å². The van der Waals surface area contributed by atoms with E-state index in [0.29, 0.717) is 34.4 Å². The van der Waals surface area contributed by atoms with Crippen LogP contribution in [0.15, 0.2) is 27.8 Å². The number of rotatable bonds is 5. The third-order valence-electron chi connectivity index (χ3n) is 5.71. The highest BCUT2D eigenvalue weighted by molar-refractivity contribution is 8.00. The third kappa shape index (κ3) is 3.97. The molecule has 1 amide bonds. The van der Waals surface area contributed by atoms with Gasteiger partial charge in [0.1, 0.15) is 0 Å². The molecule has 1 saturated carbocycles. The number of hydrogen-bond acceptors (Lipinski definition) is 7. The summed E-state index contributed by atoms with van der Waals surface area (Å²) in [5.41, 5.74) is 0.755. The Morgan fingerprint density at radius 3 is 2.89 bits per heavy atom. The van der Waals surface area contributed by atoms with Gasteiger partial charge in [0.05, 0.1) is 5.25 Å². The molecule has 1 fully saturated rings. The molecule has 2 heterocycles. The lowest BCUT2D eigenvalue weighted by atomic mass is 9.78. The van der Waals surface area contributed by atoms with Crippen LogP contribution in [0, 0.1) is 11.8 Å². The summed E-state index contributed by atoms with van der Waals surface area (Å²) in [6.45, 7) is 6.57. The summed E-state index contributed by atoms with van der Waals surface area (Å²) in [5.74, 6) is 2.91. The van der Waals surface area contributed by atoms with Crippen molar-refractivity contribution in [2.45, 2.75) is 56.5 Å². The number of nitrogens with one attached hydrogen (secondary N) is 1. The summed E-state index contributed by atoms with van der Waals surface area (Å²) < 4.78 is 16.4. The summed E-state index contributed by atoms with van der Waals surface area (Å²) in [5, 5.41) is 11.4. The van der Waals surface area contributed by atoms with Crippen molar-refractivity contribution in [3.63, 3.8) is 0 Å². The number of thioether (sulfide) groups is 1. The number of amides is 1. The lowest BCUT2D eigenvalue weighted by Gasteiger charge is -2.35. The Hall–Kier alpha value is -2.22. The van der Waals surface area contributed by atoms with Crippen molar-refractivity contribution < 1.29 is 18.7 Å². The molecule has 0 unspecified atom stereocenters. The van der Waals surface area contributed by atoms with Gasteiger partial charge in [0.25, 0.3) is 5.22 Å². The molecule has 4 atom stereocenters. The van der Waals surface area contributed by atoms with Crippen LogP contribution in [-0.4, -0.2) is 34.2 Å². The summed E-state index contributed by atoms with van der Waals surface area (Å²) >= 11 is 1.27. The van der Waals surface area contributed by atoms with E-state index in [1.807, 2.05) is 25.1 Å². The Bertz CT molecular complexity index is 856. The smallest absolute Gasteiger partial charge is 0.277 e. The number of carbonyl (C=O) groups is 1. The molecule has 1 aromatic heterocycles. The Morgan fingerprint density at radius 2 is 2.04 bits per heavy atom. The average Bonchev–Trinajstić information content (AvgIpc) is 3.34. The zero-order valence-corrected chi connectivity index (χ0v) is 17.1. The van der Waals surface area contributed by atoms with E-state index >= 15 is 0 Å². The fraction of sp³-hybridized carbons (Fsp3) is 0.550. The second-order valence-corrected chi connectivity index (χ2v) is 8.88. The molecule has 1 aliphatic heterocycles. The zero-order chi connectivity index (χ0) is 19.7. The molecule has 1 aromatic carbocycles. The minimum Gasteiger partial charge on any atom is -0.454 e. The lowest BCUT2D eigenvalue weighted by Crippen LogP contribution is -2.46. The molecule has 8 heteroatoms. The van der Waals surface area contributed by atoms with Crippen LogP contribution in [0.2, 0.25) is 0 Å². The second-order valence-electron chi connectivity index (χ2n) is 7.58. The van der Waals surface area contributed by atoms with Gasteiger partial charge in [-0.05, 0) is 43.4 Å². The highest BCUT2D eigenvalue weighted by atomic mass is 32.2. The van der Waals surface area contributed by atoms with Crippen molar-refractivity contribution in [2.24, 2.45) is 11.8 Å². The largest absolute Gasteiger partial charge is 0.454 e. The van der Waals surface area contributed by atoms with Gasteiger partial charge in [0.2, 0.25) is 18.6 Å². The van der Waals surface area contributed by atoms with Crippen LogP contribution in [0.1, 0.15) is 40.0 Å². The maximum Gasteiger partial charge on any atom is 0.277 e. The number of benzene rings is 1. The van der Waals surface area contributed by atoms with Gasteiger partial charge in [0, 0.05) is 11.6 Å². The van der Waals surface area contributed by atoms with E-state index in [0.717, 1.165) is 12.0 Å². The first-order chi connectivity index (χ1) is 13.5. The minimum atomic E-state index is -0.311. The number of ether oxygens (including phenoxy) is 2. The lowest BCUT2D eigenvalue weighted by molar-refractivity contribution is -0.121. The standard InChI is InChI=1S/C20H25N3O4S/c1-11-5-4-6-15(12(11)2)21-18(24)13(3)28-20-23-22-19(27-20)14-7-8-16-17(9-14)26-10-25-16/h7-9,11-13,15H,4-6,10H2,1-3H3,(H,21,24)/t11-,12+,13+,15-/m0/s1. The van der Waals surface area contributed by atoms with Gasteiger partial charge < -0.3 is 19.2 Å². The van der Waals surface area contributed by atoms with Crippen molar-refractivity contribution in [3.8, 4) is 23.0 Å². The highest BCUT2D eigenvalue weighted by Crippen LogP contribution is 2.36. The molecule has 1 aliphatic carbocycles. The summed E-state index contributed by atoms with van der Waals surface area (Å²) in [4.78, 5) is 12.6. The van der Waals surface area contributed by atoms with E-state index < -0.39 is 0 Å². The third-order valence-corrected chi connectivity index (χ3v) is 6.64. The van der Waals surface area contributed by atoms with E-state index in [4.69, 9.17) is 13.9 Å². The topological polar surface area (TPSA) is 86.5 Å². The molecule has 7 nitrogen and oxygen atoms in total. The summed E-state index contributed by atoms with van der Waals surface area (Å²) in [6.07, 6.45) is 3.45. The Labute approximate surface area is 168 Å². The van der Waals surface area contributed by atoms with Gasteiger partial charge >= 0.3 is 0 Å². The molecule has 2 aromatic rings. The van der Waals surface area contributed by atoms with Crippen molar-refractivity contribution in [3.05, 3.63) is 18.2 Å². The van der Waals surface area contributed by atoms with E-state index in [9.17, 15) is 4.79 Å². The first-order valence-electron chi connectivity index (χ1n) is 9.72. The Morgan fingerprint density at radius 1 is 1.21 bits per heavy atom. The van der Waals surface area contributed by atoms with Gasteiger partial charge in [-0.2, -0.15) is 0 Å². The fourth-order valence-corrected chi connectivity index (χ4v) is 4.39. The van der Waals surface area contributed by atoms with Crippen molar-refractivity contribution >= 4 is 17.7 Å². The van der Waals surface area contributed by atoms with Crippen LogP contribution in [0.25, 0.3) is 11.5 Å². The number of carbonyl (C=O) groups excluding carboxylic acids is 1. The normalized spacial score (nSPS) is 24.8. The van der Waals surface area contributed by atoms with Crippen LogP contribution in [0.4, 0.5) is 0 Å². The minimum absolute atomic E-state index is 0.0128. The molecular weight excluding hydrogens is 378 g/mol. The number of aromatic nitrogens is 2. The van der Waals surface area contributed by atoms with Crippen molar-refractivity contribution in [1.29, 1.82) is 0 Å². The predicted octanol–water partition coefficient (Wildman–Crippen LogP) is 3.89. The van der Waals surface area contributed by atoms with Crippen LogP contribution in [-0.2, 0) is 4.79 Å². The van der Waals surface area contributed by atoms with Crippen LogP contribution in [0.3, 0.4) is 0 Å². The Kier molecular flexibility index (Phi) is 5.48. The van der Waals surface area contributed by atoms with Gasteiger partial charge in [-0.1, -0.05) is 38.5 Å². The van der Waals surface area contributed by atoms with Crippen molar-refractivity contribution in [2.75, 3.05) is 6.79 Å². The monoisotopic (exact) mass is 403 g/mol. The molecule has 0 bridgehead atoms. The molecule has 4 rings (SSSR count). The zero-order valence-electron chi connectivity index (χ0n) is 16.3. The predicted molar refractivity (Wildman–Crippen MR) is 105 cm³/mol. The fourth-order valence-electron chi connectivity index (χ4n) is 3.69. The molecule has 0 spiro atoms. The van der Waals surface area contributed by atoms with Gasteiger partial charge in [-0.25, -0.2) is 0 Å². The molecule has 2 aliphatic rings.